The molecule has 0 atom stereocenters. The van der Waals surface area contributed by atoms with E-state index in [1.165, 1.54) is 22.5 Å². The molecule has 0 saturated carbocycles. The Hall–Kier alpha value is -1.11. The molecule has 2 rings (SSSR count). The summed E-state index contributed by atoms with van der Waals surface area (Å²) in [5.74, 6) is 0.601. The Kier molecular flexibility index (Phi) is 2.65. The van der Waals surface area contributed by atoms with Crippen molar-refractivity contribution in [1.82, 2.24) is 0 Å². The summed E-state index contributed by atoms with van der Waals surface area (Å²) in [6.07, 6.45) is 1.03. The molecule has 1 heteroatoms. The van der Waals surface area contributed by atoms with Crippen LogP contribution in [0.2, 0.25) is 0 Å². The van der Waals surface area contributed by atoms with E-state index >= 15 is 0 Å². The molecule has 1 aliphatic rings. The van der Waals surface area contributed by atoms with E-state index in [9.17, 15) is 0 Å². The average molecular weight is 215 g/mol. The molecule has 0 spiro atoms. The summed E-state index contributed by atoms with van der Waals surface area (Å²) in [6.45, 7) is 11.2. The van der Waals surface area contributed by atoms with Crippen LogP contribution in [0, 0.1) is 5.41 Å². The average Bonchev–Trinajstić information content (AvgIpc) is 2.58. The van der Waals surface area contributed by atoms with Gasteiger partial charge in [-0.05, 0) is 23.1 Å². The fourth-order valence-corrected chi connectivity index (χ4v) is 2.01. The van der Waals surface area contributed by atoms with E-state index < -0.39 is 0 Å². The number of benzene rings is 1. The maximum Gasteiger partial charge on any atom is 0.0665 e. The van der Waals surface area contributed by atoms with Crippen LogP contribution in [-0.2, 0) is 6.42 Å². The Labute approximate surface area is 98.6 Å². The van der Waals surface area contributed by atoms with Crippen molar-refractivity contribution in [2.45, 2.75) is 47.0 Å². The molecule has 86 valence electrons. The topological polar surface area (TPSA) is 12.4 Å². The number of hydrogen-bond acceptors (Lipinski definition) is 1. The first-order chi connectivity index (χ1) is 7.38. The fraction of sp³-hybridized carbons (Fsp3) is 0.533. The van der Waals surface area contributed by atoms with E-state index in [-0.39, 0.29) is 5.41 Å². The molecule has 0 aliphatic carbocycles. The summed E-state index contributed by atoms with van der Waals surface area (Å²) in [5.41, 5.74) is 5.50. The maximum absolute atomic E-state index is 4.74. The zero-order valence-electron chi connectivity index (χ0n) is 11.0. The summed E-state index contributed by atoms with van der Waals surface area (Å²) < 4.78 is 0. The number of aliphatic imine (C=N–C) groups is 1. The Morgan fingerprint density at radius 3 is 2.44 bits per heavy atom. The van der Waals surface area contributed by atoms with Gasteiger partial charge in [-0.25, -0.2) is 0 Å². The van der Waals surface area contributed by atoms with Gasteiger partial charge >= 0.3 is 0 Å². The van der Waals surface area contributed by atoms with Crippen molar-refractivity contribution < 1.29 is 0 Å². The normalized spacial score (nSPS) is 15.2. The SMILES string of the molecule is CC(C)c1ccc2c(c1)CC(C(C)(C)C)=N2. The van der Waals surface area contributed by atoms with Crippen molar-refractivity contribution in [2.24, 2.45) is 10.4 Å². The largest absolute Gasteiger partial charge is 0.257 e. The quantitative estimate of drug-likeness (QED) is 0.654. The first-order valence-corrected chi connectivity index (χ1v) is 6.09. The molecule has 0 radical (unpaired) electrons. The molecule has 0 saturated heterocycles. The molecule has 1 aromatic carbocycles. The van der Waals surface area contributed by atoms with Gasteiger partial charge in [0.25, 0.3) is 0 Å². The Balaban J connectivity index is 2.32. The summed E-state index contributed by atoms with van der Waals surface area (Å²) >= 11 is 0. The third kappa shape index (κ3) is 2.04. The number of nitrogens with zero attached hydrogens (tertiary/aromatic N) is 1. The summed E-state index contributed by atoms with van der Waals surface area (Å²) in [6, 6.07) is 6.70. The van der Waals surface area contributed by atoms with Crippen LogP contribution in [0.25, 0.3) is 0 Å². The number of rotatable bonds is 1. The molecular formula is C15H21N. The van der Waals surface area contributed by atoms with Crippen LogP contribution in [0.4, 0.5) is 5.69 Å². The van der Waals surface area contributed by atoms with Crippen molar-refractivity contribution in [3.05, 3.63) is 29.3 Å². The molecule has 1 aromatic rings. The Bertz CT molecular complexity index is 433. The lowest BCUT2D eigenvalue weighted by atomic mass is 9.87. The summed E-state index contributed by atoms with van der Waals surface area (Å²) in [4.78, 5) is 4.74. The van der Waals surface area contributed by atoms with E-state index in [4.69, 9.17) is 4.99 Å². The second-order valence-electron chi connectivity index (χ2n) is 6.03. The van der Waals surface area contributed by atoms with Gasteiger partial charge in [0.15, 0.2) is 0 Å². The lowest BCUT2D eigenvalue weighted by Crippen LogP contribution is -2.19. The lowest BCUT2D eigenvalue weighted by molar-refractivity contribution is 0.584. The van der Waals surface area contributed by atoms with Crippen molar-refractivity contribution in [3.8, 4) is 0 Å². The van der Waals surface area contributed by atoms with Crippen molar-refractivity contribution in [2.75, 3.05) is 0 Å². The van der Waals surface area contributed by atoms with Gasteiger partial charge in [0.1, 0.15) is 0 Å². The van der Waals surface area contributed by atoms with E-state index in [0.717, 1.165) is 6.42 Å². The molecule has 0 amide bonds. The Morgan fingerprint density at radius 1 is 1.19 bits per heavy atom. The fourth-order valence-electron chi connectivity index (χ4n) is 2.01. The third-order valence-corrected chi connectivity index (χ3v) is 3.25. The first kappa shape index (κ1) is 11.4. The standard InChI is InChI=1S/C15H21N/c1-10(2)11-6-7-13-12(8-11)9-14(16-13)15(3,4)5/h6-8,10H,9H2,1-5H3. The smallest absolute Gasteiger partial charge is 0.0665 e. The van der Waals surface area contributed by atoms with Crippen molar-refractivity contribution >= 4 is 11.4 Å². The molecule has 0 N–H and O–H groups in total. The summed E-state index contributed by atoms with van der Waals surface area (Å²) in [7, 11) is 0. The first-order valence-electron chi connectivity index (χ1n) is 6.09. The highest BCUT2D eigenvalue weighted by molar-refractivity contribution is 5.97. The van der Waals surface area contributed by atoms with Crippen LogP contribution >= 0.6 is 0 Å². The van der Waals surface area contributed by atoms with Crippen LogP contribution < -0.4 is 0 Å². The summed E-state index contributed by atoms with van der Waals surface area (Å²) in [5, 5.41) is 0. The second kappa shape index (κ2) is 3.73. The van der Waals surface area contributed by atoms with E-state index in [0.29, 0.717) is 5.92 Å². The van der Waals surface area contributed by atoms with E-state index in [1.54, 1.807) is 0 Å². The van der Waals surface area contributed by atoms with Gasteiger partial charge in [-0.15, -0.1) is 0 Å². The molecule has 16 heavy (non-hydrogen) atoms. The molecule has 1 nitrogen and oxygen atoms in total. The van der Waals surface area contributed by atoms with E-state index in [2.05, 4.69) is 52.8 Å². The Morgan fingerprint density at radius 2 is 1.88 bits per heavy atom. The predicted octanol–water partition coefficient (Wildman–Crippen LogP) is 4.48. The monoisotopic (exact) mass is 215 g/mol. The zero-order valence-corrected chi connectivity index (χ0v) is 11.0. The van der Waals surface area contributed by atoms with Gasteiger partial charge in [-0.1, -0.05) is 46.8 Å². The lowest BCUT2D eigenvalue weighted by Gasteiger charge is -2.17. The molecular weight excluding hydrogens is 194 g/mol. The highest BCUT2D eigenvalue weighted by Crippen LogP contribution is 2.34. The van der Waals surface area contributed by atoms with E-state index in [1.807, 2.05) is 0 Å². The third-order valence-electron chi connectivity index (χ3n) is 3.25. The molecule has 0 aromatic heterocycles. The van der Waals surface area contributed by atoms with Gasteiger partial charge in [0.2, 0.25) is 0 Å². The van der Waals surface area contributed by atoms with Crippen LogP contribution in [0.3, 0.4) is 0 Å². The van der Waals surface area contributed by atoms with Gasteiger partial charge in [0.05, 0.1) is 5.69 Å². The zero-order chi connectivity index (χ0) is 11.9. The van der Waals surface area contributed by atoms with Crippen LogP contribution in [0.15, 0.2) is 23.2 Å². The molecule has 1 aliphatic heterocycles. The highest BCUT2D eigenvalue weighted by atomic mass is 14.8. The van der Waals surface area contributed by atoms with Gasteiger partial charge in [-0.3, -0.25) is 4.99 Å². The minimum atomic E-state index is 0.191. The molecule has 1 heterocycles. The second-order valence-corrected chi connectivity index (χ2v) is 6.03. The molecule has 0 bridgehead atoms. The number of hydrogen-bond donors (Lipinski definition) is 0. The van der Waals surface area contributed by atoms with Gasteiger partial charge in [-0.2, -0.15) is 0 Å². The minimum Gasteiger partial charge on any atom is -0.257 e. The minimum absolute atomic E-state index is 0.191. The number of fused-ring (bicyclic) bond motifs is 1. The van der Waals surface area contributed by atoms with Gasteiger partial charge in [0, 0.05) is 17.5 Å². The van der Waals surface area contributed by atoms with Gasteiger partial charge < -0.3 is 0 Å². The maximum atomic E-state index is 4.74. The van der Waals surface area contributed by atoms with Crippen molar-refractivity contribution in [3.63, 3.8) is 0 Å². The van der Waals surface area contributed by atoms with Crippen LogP contribution in [0.5, 0.6) is 0 Å². The van der Waals surface area contributed by atoms with Crippen LogP contribution in [-0.4, -0.2) is 5.71 Å². The molecule has 0 unspecified atom stereocenters. The van der Waals surface area contributed by atoms with Crippen LogP contribution in [0.1, 0.15) is 51.7 Å². The van der Waals surface area contributed by atoms with Crippen molar-refractivity contribution in [1.29, 1.82) is 0 Å². The highest BCUT2D eigenvalue weighted by Gasteiger charge is 2.25. The molecule has 0 fully saturated rings. The predicted molar refractivity (Wildman–Crippen MR) is 70.8 cm³/mol.